The molecule has 0 fully saturated rings. The summed E-state index contributed by atoms with van der Waals surface area (Å²) in [6, 6.07) is -0.620. The van der Waals surface area contributed by atoms with Crippen molar-refractivity contribution in [2.75, 3.05) is 6.61 Å². The van der Waals surface area contributed by atoms with Crippen molar-refractivity contribution < 1.29 is 15.0 Å². The third kappa shape index (κ3) is 39.9. The maximum absolute atomic E-state index is 12.4. The number of unbranched alkanes of at least 4 members (excludes halogenated alkanes) is 33. The summed E-state index contributed by atoms with van der Waals surface area (Å²) < 4.78 is 0. The molecule has 1 amide bonds. The predicted octanol–water partition coefficient (Wildman–Crippen LogP) is 14.4. The van der Waals surface area contributed by atoms with Gasteiger partial charge in [0.05, 0.1) is 18.8 Å². The third-order valence-electron chi connectivity index (χ3n) is 10.7. The summed E-state index contributed by atoms with van der Waals surface area (Å²) in [7, 11) is 0. The molecular weight excluding hydrogens is 627 g/mol. The predicted molar refractivity (Wildman–Crippen MR) is 225 cm³/mol. The van der Waals surface area contributed by atoms with Crippen LogP contribution >= 0.6 is 0 Å². The SMILES string of the molecule is CCCCCCCCCC/C=C\CCCCCCCCCCCC(=O)NC(CO)C(O)/C=C/CCCCCCCCCCCCCCCCCC. The summed E-state index contributed by atoms with van der Waals surface area (Å²) in [6.07, 6.45) is 55.7. The standard InChI is InChI=1S/C47H91NO3/c1-3-5-7-9-11-13-15-17-19-21-23-24-25-27-29-31-33-35-37-39-41-43-47(51)48-45(44-49)46(50)42-40-38-36-34-32-30-28-26-22-20-18-16-14-12-10-8-6-4-2/h21,23,40,42,45-46,49-50H,3-20,22,24-39,41,43-44H2,1-2H3,(H,48,51)/b23-21-,42-40+. The first-order chi connectivity index (χ1) is 25.2. The summed E-state index contributed by atoms with van der Waals surface area (Å²) >= 11 is 0. The molecule has 0 aromatic rings. The minimum absolute atomic E-state index is 0.0637. The summed E-state index contributed by atoms with van der Waals surface area (Å²) in [6.45, 7) is 4.32. The van der Waals surface area contributed by atoms with Gasteiger partial charge in [-0.25, -0.2) is 0 Å². The van der Waals surface area contributed by atoms with Gasteiger partial charge < -0.3 is 15.5 Å². The molecule has 4 nitrogen and oxygen atoms in total. The van der Waals surface area contributed by atoms with Crippen molar-refractivity contribution in [2.45, 2.75) is 264 Å². The van der Waals surface area contributed by atoms with Crippen molar-refractivity contribution in [3.8, 4) is 0 Å². The highest BCUT2D eigenvalue weighted by Crippen LogP contribution is 2.15. The molecule has 2 unspecified atom stereocenters. The highest BCUT2D eigenvalue weighted by Gasteiger charge is 2.17. The Balaban J connectivity index is 3.54. The molecule has 0 aromatic heterocycles. The van der Waals surface area contributed by atoms with Crippen molar-refractivity contribution in [2.24, 2.45) is 0 Å². The molecule has 0 aliphatic heterocycles. The molecule has 0 saturated heterocycles. The van der Waals surface area contributed by atoms with Crippen molar-refractivity contribution in [3.63, 3.8) is 0 Å². The van der Waals surface area contributed by atoms with Gasteiger partial charge >= 0.3 is 0 Å². The highest BCUT2D eigenvalue weighted by molar-refractivity contribution is 5.76. The topological polar surface area (TPSA) is 69.6 Å². The van der Waals surface area contributed by atoms with E-state index >= 15 is 0 Å². The Morgan fingerprint density at radius 3 is 1.08 bits per heavy atom. The molecular formula is C47H91NO3. The largest absolute Gasteiger partial charge is 0.394 e. The second-order valence-electron chi connectivity index (χ2n) is 15.8. The summed E-state index contributed by atoms with van der Waals surface area (Å²) in [5.74, 6) is -0.0637. The lowest BCUT2D eigenvalue weighted by molar-refractivity contribution is -0.123. The van der Waals surface area contributed by atoms with Crippen LogP contribution in [-0.2, 0) is 4.79 Å². The molecule has 0 heterocycles. The van der Waals surface area contributed by atoms with Crippen LogP contribution in [0.15, 0.2) is 24.3 Å². The van der Waals surface area contributed by atoms with Gasteiger partial charge in [-0.2, -0.15) is 0 Å². The maximum atomic E-state index is 12.4. The second-order valence-corrected chi connectivity index (χ2v) is 15.8. The molecule has 0 bridgehead atoms. The normalized spacial score (nSPS) is 13.1. The van der Waals surface area contributed by atoms with Gasteiger partial charge in [-0.3, -0.25) is 4.79 Å². The number of aliphatic hydroxyl groups is 2. The van der Waals surface area contributed by atoms with E-state index in [2.05, 4.69) is 31.3 Å². The minimum atomic E-state index is -0.837. The number of rotatable bonds is 42. The summed E-state index contributed by atoms with van der Waals surface area (Å²) in [5.41, 5.74) is 0. The quantitative estimate of drug-likeness (QED) is 0.0435. The Morgan fingerprint density at radius 2 is 0.745 bits per heavy atom. The number of carbonyl (C=O) groups is 1. The fourth-order valence-electron chi connectivity index (χ4n) is 7.11. The first-order valence-corrected chi connectivity index (χ1v) is 23.1. The van der Waals surface area contributed by atoms with Gasteiger partial charge in [0.2, 0.25) is 5.91 Å². The lowest BCUT2D eigenvalue weighted by Crippen LogP contribution is -2.45. The average molecular weight is 718 g/mol. The molecule has 302 valence electrons. The lowest BCUT2D eigenvalue weighted by atomic mass is 10.0. The van der Waals surface area contributed by atoms with Crippen molar-refractivity contribution >= 4 is 5.91 Å². The van der Waals surface area contributed by atoms with Crippen LogP contribution in [0.1, 0.15) is 251 Å². The van der Waals surface area contributed by atoms with Crippen LogP contribution in [0, 0.1) is 0 Å². The molecule has 51 heavy (non-hydrogen) atoms. The lowest BCUT2D eigenvalue weighted by Gasteiger charge is -2.20. The van der Waals surface area contributed by atoms with Gasteiger partial charge in [0.1, 0.15) is 0 Å². The Morgan fingerprint density at radius 1 is 0.451 bits per heavy atom. The fourth-order valence-corrected chi connectivity index (χ4v) is 7.11. The van der Waals surface area contributed by atoms with Crippen molar-refractivity contribution in [3.05, 3.63) is 24.3 Å². The van der Waals surface area contributed by atoms with E-state index in [9.17, 15) is 15.0 Å². The Bertz CT molecular complexity index is 735. The van der Waals surface area contributed by atoms with E-state index in [0.29, 0.717) is 6.42 Å². The summed E-state index contributed by atoms with van der Waals surface area (Å²) in [5, 5.41) is 23.0. The molecule has 0 aliphatic rings. The average Bonchev–Trinajstić information content (AvgIpc) is 3.13. The van der Waals surface area contributed by atoms with Gasteiger partial charge in [-0.1, -0.05) is 224 Å². The van der Waals surface area contributed by atoms with Crippen molar-refractivity contribution in [1.29, 1.82) is 0 Å². The monoisotopic (exact) mass is 718 g/mol. The first-order valence-electron chi connectivity index (χ1n) is 23.1. The fraction of sp³-hybridized carbons (Fsp3) is 0.894. The number of hydrogen-bond donors (Lipinski definition) is 3. The van der Waals surface area contributed by atoms with Crippen LogP contribution in [0.4, 0.5) is 0 Å². The molecule has 0 aromatic carbocycles. The van der Waals surface area contributed by atoms with Gasteiger partial charge in [0.25, 0.3) is 0 Å². The van der Waals surface area contributed by atoms with E-state index < -0.39 is 12.1 Å². The van der Waals surface area contributed by atoms with Crippen LogP contribution in [0.25, 0.3) is 0 Å². The van der Waals surface area contributed by atoms with Gasteiger partial charge in [0.15, 0.2) is 0 Å². The zero-order valence-corrected chi connectivity index (χ0v) is 34.6. The van der Waals surface area contributed by atoms with Crippen LogP contribution in [0.3, 0.4) is 0 Å². The van der Waals surface area contributed by atoms with E-state index in [1.54, 1.807) is 6.08 Å². The van der Waals surface area contributed by atoms with Crippen LogP contribution in [-0.4, -0.2) is 34.9 Å². The molecule has 0 spiro atoms. The zero-order valence-electron chi connectivity index (χ0n) is 34.6. The van der Waals surface area contributed by atoms with Gasteiger partial charge in [-0.15, -0.1) is 0 Å². The smallest absolute Gasteiger partial charge is 0.220 e. The van der Waals surface area contributed by atoms with Crippen molar-refractivity contribution in [1.82, 2.24) is 5.32 Å². The number of nitrogens with one attached hydrogen (secondary N) is 1. The van der Waals surface area contributed by atoms with Crippen LogP contribution in [0.2, 0.25) is 0 Å². The van der Waals surface area contributed by atoms with Gasteiger partial charge in [0, 0.05) is 6.42 Å². The maximum Gasteiger partial charge on any atom is 0.220 e. The molecule has 2 atom stereocenters. The van der Waals surface area contributed by atoms with E-state index in [0.717, 1.165) is 25.7 Å². The molecule has 0 saturated carbocycles. The molecule has 3 N–H and O–H groups in total. The molecule has 0 radical (unpaired) electrons. The highest BCUT2D eigenvalue weighted by atomic mass is 16.3. The second kappa shape index (κ2) is 43.3. The van der Waals surface area contributed by atoms with E-state index in [4.69, 9.17) is 0 Å². The Kier molecular flexibility index (Phi) is 42.3. The summed E-state index contributed by atoms with van der Waals surface area (Å²) in [4.78, 5) is 12.4. The van der Waals surface area contributed by atoms with E-state index in [1.807, 2.05) is 6.08 Å². The molecule has 0 aliphatic carbocycles. The van der Waals surface area contributed by atoms with E-state index in [1.165, 1.54) is 205 Å². The first kappa shape index (κ1) is 49.9. The molecule has 4 heteroatoms. The van der Waals surface area contributed by atoms with Crippen LogP contribution in [0.5, 0.6) is 0 Å². The third-order valence-corrected chi connectivity index (χ3v) is 10.7. The number of amides is 1. The minimum Gasteiger partial charge on any atom is -0.394 e. The number of carbonyl (C=O) groups excluding carboxylic acids is 1. The van der Waals surface area contributed by atoms with Gasteiger partial charge in [-0.05, 0) is 44.9 Å². The molecule has 0 rings (SSSR count). The Hall–Kier alpha value is -1.13. The number of allylic oxidation sites excluding steroid dienone is 3. The van der Waals surface area contributed by atoms with Crippen LogP contribution < -0.4 is 5.32 Å². The zero-order chi connectivity index (χ0) is 37.1. The number of aliphatic hydroxyl groups excluding tert-OH is 2. The number of hydrogen-bond acceptors (Lipinski definition) is 3. The van der Waals surface area contributed by atoms with E-state index in [-0.39, 0.29) is 12.5 Å². The Labute approximate surface area is 319 Å².